The minimum atomic E-state index is 0.286. The fourth-order valence-electron chi connectivity index (χ4n) is 1.50. The average molecular weight is 221 g/mol. The summed E-state index contributed by atoms with van der Waals surface area (Å²) in [5.74, 6) is 0.286. The van der Waals surface area contributed by atoms with Gasteiger partial charge < -0.3 is 16.3 Å². The topological polar surface area (TPSA) is 70.6 Å². The number of nitrogens with zero attached hydrogens (tertiary/aromatic N) is 1. The van der Waals surface area contributed by atoms with Crippen molar-refractivity contribution in [2.45, 2.75) is 25.8 Å². The Balaban J connectivity index is 2.23. The molecule has 0 fully saturated rings. The van der Waals surface area contributed by atoms with Gasteiger partial charge in [-0.1, -0.05) is 35.5 Å². The Morgan fingerprint density at radius 3 is 2.75 bits per heavy atom. The van der Waals surface area contributed by atoms with Crippen LogP contribution >= 0.6 is 0 Å². The fourth-order valence-corrected chi connectivity index (χ4v) is 1.50. The van der Waals surface area contributed by atoms with Crippen molar-refractivity contribution >= 4 is 5.84 Å². The van der Waals surface area contributed by atoms with Gasteiger partial charge in [-0.05, 0) is 25.5 Å². The number of rotatable bonds is 6. The zero-order valence-corrected chi connectivity index (χ0v) is 9.56. The SMILES string of the molecule is C[C@H](NCCCC(N)=NO)c1ccccc1. The van der Waals surface area contributed by atoms with Crippen LogP contribution in [0.15, 0.2) is 35.5 Å². The highest BCUT2D eigenvalue weighted by Crippen LogP contribution is 2.10. The molecule has 4 nitrogen and oxygen atoms in total. The number of hydrogen-bond acceptors (Lipinski definition) is 3. The monoisotopic (exact) mass is 221 g/mol. The maximum Gasteiger partial charge on any atom is 0.139 e. The Kier molecular flexibility index (Phi) is 5.36. The number of nitrogens with two attached hydrogens (primary N) is 1. The number of amidine groups is 1. The minimum absolute atomic E-state index is 0.286. The van der Waals surface area contributed by atoms with E-state index in [9.17, 15) is 0 Å². The van der Waals surface area contributed by atoms with Gasteiger partial charge in [-0.3, -0.25) is 0 Å². The highest BCUT2D eigenvalue weighted by Gasteiger charge is 2.02. The van der Waals surface area contributed by atoms with E-state index >= 15 is 0 Å². The number of hydrogen-bond donors (Lipinski definition) is 3. The molecule has 4 N–H and O–H groups in total. The lowest BCUT2D eigenvalue weighted by Gasteiger charge is -2.13. The summed E-state index contributed by atoms with van der Waals surface area (Å²) in [6.07, 6.45) is 1.48. The van der Waals surface area contributed by atoms with E-state index in [1.807, 2.05) is 18.2 Å². The average Bonchev–Trinajstić information content (AvgIpc) is 2.35. The van der Waals surface area contributed by atoms with Crippen LogP contribution in [-0.2, 0) is 0 Å². The van der Waals surface area contributed by atoms with Gasteiger partial charge in [0.15, 0.2) is 0 Å². The molecule has 0 heterocycles. The van der Waals surface area contributed by atoms with Gasteiger partial charge in [0.25, 0.3) is 0 Å². The summed E-state index contributed by atoms with van der Waals surface area (Å²) in [5.41, 5.74) is 6.64. The van der Waals surface area contributed by atoms with E-state index in [1.165, 1.54) is 5.56 Å². The maximum atomic E-state index is 8.36. The number of benzene rings is 1. The second-order valence-corrected chi connectivity index (χ2v) is 3.78. The van der Waals surface area contributed by atoms with E-state index in [4.69, 9.17) is 10.9 Å². The van der Waals surface area contributed by atoms with Crippen LogP contribution in [0.4, 0.5) is 0 Å². The van der Waals surface area contributed by atoms with E-state index in [-0.39, 0.29) is 5.84 Å². The smallest absolute Gasteiger partial charge is 0.139 e. The maximum absolute atomic E-state index is 8.36. The summed E-state index contributed by atoms with van der Waals surface area (Å²) in [6.45, 7) is 2.98. The van der Waals surface area contributed by atoms with Gasteiger partial charge >= 0.3 is 0 Å². The molecule has 1 aromatic carbocycles. The van der Waals surface area contributed by atoms with Gasteiger partial charge in [0.1, 0.15) is 5.84 Å². The molecule has 0 aliphatic heterocycles. The van der Waals surface area contributed by atoms with E-state index in [0.29, 0.717) is 12.5 Å². The number of nitrogens with one attached hydrogen (secondary N) is 1. The van der Waals surface area contributed by atoms with Gasteiger partial charge in [0.2, 0.25) is 0 Å². The van der Waals surface area contributed by atoms with Crippen LogP contribution in [0.5, 0.6) is 0 Å². The summed E-state index contributed by atoms with van der Waals surface area (Å²) in [5, 5.41) is 14.7. The summed E-state index contributed by atoms with van der Waals surface area (Å²) in [7, 11) is 0. The summed E-state index contributed by atoms with van der Waals surface area (Å²) in [6, 6.07) is 10.6. The second kappa shape index (κ2) is 6.85. The first-order chi connectivity index (χ1) is 7.74. The van der Waals surface area contributed by atoms with Crippen molar-refractivity contribution < 1.29 is 5.21 Å². The largest absolute Gasteiger partial charge is 0.409 e. The number of oxime groups is 1. The lowest BCUT2D eigenvalue weighted by molar-refractivity contribution is 0.316. The zero-order chi connectivity index (χ0) is 11.8. The van der Waals surface area contributed by atoms with Crippen molar-refractivity contribution in [3.8, 4) is 0 Å². The van der Waals surface area contributed by atoms with Crippen LogP contribution in [0.3, 0.4) is 0 Å². The van der Waals surface area contributed by atoms with Crippen LogP contribution in [0, 0.1) is 0 Å². The molecule has 0 aliphatic rings. The first-order valence-electron chi connectivity index (χ1n) is 5.48. The summed E-state index contributed by atoms with van der Waals surface area (Å²) >= 11 is 0. The predicted molar refractivity (Wildman–Crippen MR) is 65.5 cm³/mol. The lowest BCUT2D eigenvalue weighted by atomic mass is 10.1. The Labute approximate surface area is 96.2 Å². The first-order valence-corrected chi connectivity index (χ1v) is 5.48. The van der Waals surface area contributed by atoms with Gasteiger partial charge in [0, 0.05) is 12.5 Å². The third kappa shape index (κ3) is 4.31. The molecule has 0 bridgehead atoms. The first kappa shape index (κ1) is 12.5. The summed E-state index contributed by atoms with van der Waals surface area (Å²) in [4.78, 5) is 0. The van der Waals surface area contributed by atoms with E-state index in [2.05, 4.69) is 29.5 Å². The van der Waals surface area contributed by atoms with E-state index in [0.717, 1.165) is 13.0 Å². The van der Waals surface area contributed by atoms with Crippen LogP contribution in [-0.4, -0.2) is 17.6 Å². The highest BCUT2D eigenvalue weighted by atomic mass is 16.4. The Bertz CT molecular complexity index is 324. The molecular weight excluding hydrogens is 202 g/mol. The Hall–Kier alpha value is -1.55. The third-order valence-corrected chi connectivity index (χ3v) is 2.49. The van der Waals surface area contributed by atoms with Crippen molar-refractivity contribution in [1.29, 1.82) is 0 Å². The van der Waals surface area contributed by atoms with Gasteiger partial charge in [0.05, 0.1) is 0 Å². The molecule has 4 heteroatoms. The molecule has 0 spiro atoms. The minimum Gasteiger partial charge on any atom is -0.409 e. The van der Waals surface area contributed by atoms with Crippen molar-refractivity contribution in [3.05, 3.63) is 35.9 Å². The van der Waals surface area contributed by atoms with Crippen molar-refractivity contribution in [3.63, 3.8) is 0 Å². The summed E-state index contributed by atoms with van der Waals surface area (Å²) < 4.78 is 0. The van der Waals surface area contributed by atoms with Crippen LogP contribution in [0.1, 0.15) is 31.4 Å². The second-order valence-electron chi connectivity index (χ2n) is 3.78. The Morgan fingerprint density at radius 1 is 1.44 bits per heavy atom. The molecule has 1 aromatic rings. The molecule has 0 aliphatic carbocycles. The zero-order valence-electron chi connectivity index (χ0n) is 9.56. The molecule has 16 heavy (non-hydrogen) atoms. The Morgan fingerprint density at radius 2 is 2.12 bits per heavy atom. The molecule has 0 unspecified atom stereocenters. The molecule has 0 amide bonds. The molecule has 0 saturated carbocycles. The molecule has 88 valence electrons. The van der Waals surface area contributed by atoms with Gasteiger partial charge in [-0.2, -0.15) is 0 Å². The molecule has 1 rings (SSSR count). The molecule has 0 aromatic heterocycles. The quantitative estimate of drug-likeness (QED) is 0.226. The molecule has 0 saturated heterocycles. The van der Waals surface area contributed by atoms with Gasteiger partial charge in [-0.25, -0.2) is 0 Å². The fraction of sp³-hybridized carbons (Fsp3) is 0.417. The lowest BCUT2D eigenvalue weighted by Crippen LogP contribution is -2.21. The van der Waals surface area contributed by atoms with Gasteiger partial charge in [-0.15, -0.1) is 0 Å². The van der Waals surface area contributed by atoms with Crippen LogP contribution in [0.2, 0.25) is 0 Å². The molecule has 0 radical (unpaired) electrons. The predicted octanol–water partition coefficient (Wildman–Crippen LogP) is 1.86. The molecule has 1 atom stereocenters. The third-order valence-electron chi connectivity index (χ3n) is 2.49. The van der Waals surface area contributed by atoms with Crippen molar-refractivity contribution in [1.82, 2.24) is 5.32 Å². The van der Waals surface area contributed by atoms with Crippen LogP contribution in [0.25, 0.3) is 0 Å². The molecular formula is C12H19N3O. The van der Waals surface area contributed by atoms with Crippen molar-refractivity contribution in [2.75, 3.05) is 6.54 Å². The standard InChI is InChI=1S/C12H19N3O/c1-10(11-6-3-2-4-7-11)14-9-5-8-12(13)15-16/h2-4,6-7,10,14,16H,5,8-9H2,1H3,(H2,13,15)/t10-/m0/s1. The van der Waals surface area contributed by atoms with E-state index in [1.54, 1.807) is 0 Å². The normalized spacial score (nSPS) is 13.7. The van der Waals surface area contributed by atoms with E-state index < -0.39 is 0 Å². The highest BCUT2D eigenvalue weighted by molar-refractivity contribution is 5.79. The van der Waals surface area contributed by atoms with Crippen LogP contribution < -0.4 is 11.1 Å². The van der Waals surface area contributed by atoms with Crippen molar-refractivity contribution in [2.24, 2.45) is 10.9 Å².